The summed E-state index contributed by atoms with van der Waals surface area (Å²) >= 11 is 0. The van der Waals surface area contributed by atoms with Crippen molar-refractivity contribution in [2.75, 3.05) is 13.2 Å². The van der Waals surface area contributed by atoms with E-state index in [2.05, 4.69) is 69.4 Å². The van der Waals surface area contributed by atoms with E-state index in [1.165, 1.54) is 173 Å². The molecule has 0 aromatic heterocycles. The predicted octanol–water partition coefficient (Wildman–Crippen LogP) is 19.4. The molecule has 0 aliphatic rings. The maximum absolute atomic E-state index is 12.9. The van der Waals surface area contributed by atoms with E-state index in [0.29, 0.717) is 19.3 Å². The summed E-state index contributed by atoms with van der Waals surface area (Å²) in [6.07, 6.45) is 68.1. The molecule has 0 bridgehead atoms. The van der Waals surface area contributed by atoms with Crippen molar-refractivity contribution in [2.24, 2.45) is 0 Å². The Labute approximate surface area is 416 Å². The van der Waals surface area contributed by atoms with Gasteiger partial charge in [0.05, 0.1) is 0 Å². The van der Waals surface area contributed by atoms with E-state index in [-0.39, 0.29) is 31.1 Å². The lowest BCUT2D eigenvalue weighted by Gasteiger charge is -2.18. The first-order valence-electron chi connectivity index (χ1n) is 29.2. The number of unbranched alkanes of at least 4 members (excludes halogenated alkanes) is 36. The molecule has 0 radical (unpaired) electrons. The highest BCUT2D eigenvalue weighted by Gasteiger charge is 2.19. The minimum Gasteiger partial charge on any atom is -0.462 e. The summed E-state index contributed by atoms with van der Waals surface area (Å²) in [5, 5.41) is 0. The molecule has 6 nitrogen and oxygen atoms in total. The number of ether oxygens (including phenoxy) is 3. The number of carbonyl (C=O) groups excluding carboxylic acids is 3. The first kappa shape index (κ1) is 64.4. The lowest BCUT2D eigenvalue weighted by molar-refractivity contribution is -0.167. The van der Waals surface area contributed by atoms with Crippen molar-refractivity contribution in [2.45, 2.75) is 309 Å². The zero-order valence-corrected chi connectivity index (χ0v) is 44.7. The Morgan fingerprint density at radius 3 is 0.866 bits per heavy atom. The monoisotopic (exact) mass is 939 g/mol. The van der Waals surface area contributed by atoms with Gasteiger partial charge in [0, 0.05) is 19.3 Å². The number of hydrogen-bond donors (Lipinski definition) is 0. The van der Waals surface area contributed by atoms with Crippen LogP contribution in [0.3, 0.4) is 0 Å². The normalized spacial score (nSPS) is 12.3. The number of hydrogen-bond acceptors (Lipinski definition) is 6. The van der Waals surface area contributed by atoms with Crippen LogP contribution in [0.2, 0.25) is 0 Å². The molecular formula is C61H110O6. The van der Waals surface area contributed by atoms with Crippen molar-refractivity contribution >= 4 is 17.9 Å². The maximum atomic E-state index is 12.9. The molecule has 0 saturated carbocycles. The third-order valence-corrected chi connectivity index (χ3v) is 12.9. The topological polar surface area (TPSA) is 78.9 Å². The minimum absolute atomic E-state index is 0.0803. The Hall–Kier alpha value is -2.63. The van der Waals surface area contributed by atoms with Crippen LogP contribution in [-0.2, 0) is 28.6 Å². The first-order valence-corrected chi connectivity index (χ1v) is 29.2. The standard InChI is InChI=1S/C61H110O6/c1-4-7-10-13-16-19-22-25-27-29-31-33-36-39-42-45-48-51-54-60(63)66-57-58(56-65-59(62)53-50-47-44-41-38-35-24-21-18-15-12-9-6-3)67-61(64)55-52-49-46-43-40-37-34-32-30-28-26-23-20-17-14-11-8-5-2/h22,25,27,29,31-34,58H,4-21,23-24,26,28,30,35-57H2,1-3H3/b25-22-,29-27-,33-31-,34-32-. The van der Waals surface area contributed by atoms with Crippen molar-refractivity contribution < 1.29 is 28.6 Å². The summed E-state index contributed by atoms with van der Waals surface area (Å²) in [5.74, 6) is -0.895. The highest BCUT2D eigenvalue weighted by atomic mass is 16.6. The molecule has 1 atom stereocenters. The lowest BCUT2D eigenvalue weighted by Crippen LogP contribution is -2.30. The van der Waals surface area contributed by atoms with Crippen molar-refractivity contribution in [3.8, 4) is 0 Å². The van der Waals surface area contributed by atoms with E-state index in [9.17, 15) is 14.4 Å². The van der Waals surface area contributed by atoms with Crippen LogP contribution in [0, 0.1) is 0 Å². The Kier molecular flexibility index (Phi) is 53.8. The molecule has 0 aromatic carbocycles. The quantitative estimate of drug-likeness (QED) is 0.0199. The molecule has 1 unspecified atom stereocenters. The van der Waals surface area contributed by atoms with Gasteiger partial charge in [0.2, 0.25) is 0 Å². The Morgan fingerprint density at radius 1 is 0.299 bits per heavy atom. The molecular weight excluding hydrogens is 829 g/mol. The summed E-state index contributed by atoms with van der Waals surface area (Å²) in [6.45, 7) is 6.63. The van der Waals surface area contributed by atoms with Gasteiger partial charge in [-0.3, -0.25) is 14.4 Å². The molecule has 0 aromatic rings. The van der Waals surface area contributed by atoms with Crippen LogP contribution in [0.1, 0.15) is 303 Å². The summed E-state index contributed by atoms with van der Waals surface area (Å²) in [4.78, 5) is 38.1. The Balaban J connectivity index is 4.40. The predicted molar refractivity (Wildman–Crippen MR) is 289 cm³/mol. The van der Waals surface area contributed by atoms with Gasteiger partial charge in [-0.05, 0) is 70.6 Å². The van der Waals surface area contributed by atoms with Crippen LogP contribution >= 0.6 is 0 Å². The van der Waals surface area contributed by atoms with Gasteiger partial charge in [0.25, 0.3) is 0 Å². The van der Waals surface area contributed by atoms with Gasteiger partial charge < -0.3 is 14.2 Å². The maximum Gasteiger partial charge on any atom is 0.306 e. The molecule has 0 aliphatic heterocycles. The smallest absolute Gasteiger partial charge is 0.306 e. The van der Waals surface area contributed by atoms with E-state index < -0.39 is 6.10 Å². The number of carbonyl (C=O) groups is 3. The number of rotatable bonds is 53. The van der Waals surface area contributed by atoms with E-state index in [1.54, 1.807) is 0 Å². The molecule has 0 amide bonds. The summed E-state index contributed by atoms with van der Waals surface area (Å²) < 4.78 is 16.9. The van der Waals surface area contributed by atoms with Crippen molar-refractivity contribution in [1.29, 1.82) is 0 Å². The van der Waals surface area contributed by atoms with Crippen LogP contribution < -0.4 is 0 Å². The van der Waals surface area contributed by atoms with Gasteiger partial charge in [-0.2, -0.15) is 0 Å². The summed E-state index contributed by atoms with van der Waals surface area (Å²) in [6, 6.07) is 0. The molecule has 0 rings (SSSR count). The highest BCUT2D eigenvalue weighted by molar-refractivity contribution is 5.71. The van der Waals surface area contributed by atoms with Gasteiger partial charge in [-0.25, -0.2) is 0 Å². The average molecular weight is 940 g/mol. The van der Waals surface area contributed by atoms with Crippen molar-refractivity contribution in [3.63, 3.8) is 0 Å². The second-order valence-corrected chi connectivity index (χ2v) is 19.6. The zero-order chi connectivity index (χ0) is 48.6. The molecule has 0 fully saturated rings. The molecule has 0 spiro atoms. The fourth-order valence-corrected chi connectivity index (χ4v) is 8.44. The Morgan fingerprint density at radius 2 is 0.552 bits per heavy atom. The third kappa shape index (κ3) is 54.2. The van der Waals surface area contributed by atoms with E-state index in [0.717, 1.165) is 89.9 Å². The van der Waals surface area contributed by atoms with Gasteiger partial charge in [-0.1, -0.05) is 262 Å². The average Bonchev–Trinajstić information content (AvgIpc) is 3.33. The lowest BCUT2D eigenvalue weighted by atomic mass is 10.0. The highest BCUT2D eigenvalue weighted by Crippen LogP contribution is 2.16. The van der Waals surface area contributed by atoms with Gasteiger partial charge in [0.15, 0.2) is 6.10 Å². The van der Waals surface area contributed by atoms with E-state index >= 15 is 0 Å². The molecule has 0 N–H and O–H groups in total. The third-order valence-electron chi connectivity index (χ3n) is 12.9. The van der Waals surface area contributed by atoms with Gasteiger partial charge >= 0.3 is 17.9 Å². The van der Waals surface area contributed by atoms with Crippen molar-refractivity contribution in [3.05, 3.63) is 48.6 Å². The largest absolute Gasteiger partial charge is 0.462 e. The fourth-order valence-electron chi connectivity index (χ4n) is 8.44. The van der Waals surface area contributed by atoms with Crippen LogP contribution in [0.4, 0.5) is 0 Å². The molecule has 67 heavy (non-hydrogen) atoms. The number of allylic oxidation sites excluding steroid dienone is 8. The molecule has 390 valence electrons. The second kappa shape index (κ2) is 56.0. The van der Waals surface area contributed by atoms with E-state index in [4.69, 9.17) is 14.2 Å². The Bertz CT molecular complexity index is 1170. The van der Waals surface area contributed by atoms with Crippen LogP contribution in [0.15, 0.2) is 48.6 Å². The van der Waals surface area contributed by atoms with Crippen LogP contribution in [-0.4, -0.2) is 37.2 Å². The minimum atomic E-state index is -0.784. The molecule has 6 heteroatoms. The number of esters is 3. The van der Waals surface area contributed by atoms with Crippen molar-refractivity contribution in [1.82, 2.24) is 0 Å². The zero-order valence-electron chi connectivity index (χ0n) is 44.7. The van der Waals surface area contributed by atoms with E-state index in [1.807, 2.05) is 0 Å². The van der Waals surface area contributed by atoms with Crippen LogP contribution in [0.5, 0.6) is 0 Å². The molecule has 0 heterocycles. The van der Waals surface area contributed by atoms with Gasteiger partial charge in [0.1, 0.15) is 13.2 Å². The molecule has 0 aliphatic carbocycles. The van der Waals surface area contributed by atoms with Crippen LogP contribution in [0.25, 0.3) is 0 Å². The SMILES string of the molecule is CCCCCCC\C=C/C=C\C=C/CCCCCCCC(=O)OCC(COC(=O)CCCCCCCCCCCCCCC)OC(=O)CCCCCCC/C=C\CCCCCCCCCCC. The first-order chi connectivity index (χ1) is 33.0. The second-order valence-electron chi connectivity index (χ2n) is 19.6. The summed E-state index contributed by atoms with van der Waals surface area (Å²) in [7, 11) is 0. The molecule has 0 saturated heterocycles. The fraction of sp³-hybridized carbons (Fsp3) is 0.820. The summed E-state index contributed by atoms with van der Waals surface area (Å²) in [5.41, 5.74) is 0. The van der Waals surface area contributed by atoms with Gasteiger partial charge in [-0.15, -0.1) is 0 Å².